The highest BCUT2D eigenvalue weighted by Crippen LogP contribution is 2.29. The van der Waals surface area contributed by atoms with Crippen molar-refractivity contribution in [2.24, 2.45) is 0 Å². The number of alkyl halides is 3. The highest BCUT2D eigenvalue weighted by atomic mass is 32.2. The zero-order valence-corrected chi connectivity index (χ0v) is 21.1. The number of ether oxygens (including phenoxy) is 5. The fourth-order valence-electron chi connectivity index (χ4n) is 3.41. The molecule has 1 aliphatic heterocycles. The first-order valence-electron chi connectivity index (χ1n) is 11.1. The topological polar surface area (TPSA) is 109 Å². The number of imide groups is 1. The fourth-order valence-corrected chi connectivity index (χ4v) is 4.27. The lowest BCUT2D eigenvalue weighted by Crippen LogP contribution is -2.25. The Labute approximate surface area is 220 Å². The van der Waals surface area contributed by atoms with Gasteiger partial charge in [-0.3, -0.25) is 19.7 Å². The molecule has 0 aromatic heterocycles. The van der Waals surface area contributed by atoms with E-state index in [-0.39, 0.29) is 42.4 Å². The molecule has 1 aliphatic rings. The molecule has 3 rings (SSSR count). The molecule has 2 unspecified atom stereocenters. The molecule has 38 heavy (non-hydrogen) atoms. The molecule has 2 atom stereocenters. The van der Waals surface area contributed by atoms with E-state index in [1.165, 1.54) is 26.2 Å². The van der Waals surface area contributed by atoms with E-state index in [9.17, 15) is 27.6 Å². The summed E-state index contributed by atoms with van der Waals surface area (Å²) in [6.07, 6.45) is -5.38. The van der Waals surface area contributed by atoms with Gasteiger partial charge in [0.05, 0.1) is 12.4 Å². The van der Waals surface area contributed by atoms with Gasteiger partial charge in [-0.1, -0.05) is 36.0 Å². The van der Waals surface area contributed by atoms with Crippen molar-refractivity contribution in [3.8, 4) is 11.5 Å². The fraction of sp³-hybridized carbons (Fsp3) is 0.320. The Bertz CT molecular complexity index is 1170. The molecule has 1 N–H and O–H groups in total. The van der Waals surface area contributed by atoms with E-state index in [2.05, 4.69) is 10.1 Å². The van der Waals surface area contributed by atoms with E-state index in [0.29, 0.717) is 17.7 Å². The normalized spacial score (nSPS) is 16.8. The summed E-state index contributed by atoms with van der Waals surface area (Å²) >= 11 is 0.933. The van der Waals surface area contributed by atoms with Crippen molar-refractivity contribution < 1.29 is 51.2 Å². The lowest BCUT2D eigenvalue weighted by molar-refractivity contribution is -0.274. The van der Waals surface area contributed by atoms with Gasteiger partial charge in [0.2, 0.25) is 5.91 Å². The minimum absolute atomic E-state index is 0.102. The molecule has 2 amide bonds. The van der Waals surface area contributed by atoms with Gasteiger partial charge in [0.15, 0.2) is 5.76 Å². The number of benzene rings is 2. The Balaban J connectivity index is 1.72. The van der Waals surface area contributed by atoms with E-state index in [1.54, 1.807) is 30.3 Å². The monoisotopic (exact) mass is 555 g/mol. The highest BCUT2D eigenvalue weighted by molar-refractivity contribution is 8.15. The van der Waals surface area contributed by atoms with Gasteiger partial charge in [0.1, 0.15) is 36.6 Å². The van der Waals surface area contributed by atoms with Crippen LogP contribution in [0.3, 0.4) is 0 Å². The largest absolute Gasteiger partial charge is 0.573 e. The van der Waals surface area contributed by atoms with E-state index in [1.807, 2.05) is 0 Å². The number of nitrogens with one attached hydrogen (secondary N) is 1. The van der Waals surface area contributed by atoms with Gasteiger partial charge in [0.25, 0.3) is 11.7 Å². The second kappa shape index (κ2) is 13.2. The third kappa shape index (κ3) is 8.70. The predicted octanol–water partition coefficient (Wildman–Crippen LogP) is 4.67. The number of carbonyl (C=O) groups is 3. The van der Waals surface area contributed by atoms with Crippen LogP contribution in [0.2, 0.25) is 0 Å². The first-order valence-corrected chi connectivity index (χ1v) is 12.0. The summed E-state index contributed by atoms with van der Waals surface area (Å²) in [6, 6.07) is 12.1. The minimum Gasteiger partial charge on any atom is -0.495 e. The number of hydrogen-bond acceptors (Lipinski definition) is 9. The number of hydrogen-bond donors (Lipinski definition) is 1. The lowest BCUT2D eigenvalue weighted by Gasteiger charge is -2.21. The van der Waals surface area contributed by atoms with Crippen LogP contribution in [0.25, 0.3) is 0 Å². The molecule has 9 nitrogen and oxygen atoms in total. The summed E-state index contributed by atoms with van der Waals surface area (Å²) in [5, 5.41) is 1.35. The van der Waals surface area contributed by atoms with Crippen molar-refractivity contribution in [3.05, 3.63) is 71.2 Å². The zero-order valence-electron chi connectivity index (χ0n) is 20.3. The Kier molecular flexibility index (Phi) is 10.0. The van der Waals surface area contributed by atoms with Gasteiger partial charge in [-0.05, 0) is 48.7 Å². The minimum atomic E-state index is -4.87. The molecule has 1 fully saturated rings. The number of amides is 2. The van der Waals surface area contributed by atoms with Crippen LogP contribution in [-0.4, -0.2) is 49.6 Å². The van der Waals surface area contributed by atoms with Crippen molar-refractivity contribution in [2.45, 2.75) is 31.1 Å². The van der Waals surface area contributed by atoms with Crippen molar-refractivity contribution >= 4 is 29.4 Å². The van der Waals surface area contributed by atoms with Gasteiger partial charge < -0.3 is 23.7 Å². The van der Waals surface area contributed by atoms with Crippen LogP contribution in [0, 0.1) is 0 Å². The summed E-state index contributed by atoms with van der Waals surface area (Å²) in [5.41, 5.74) is 1.15. The molecule has 0 aliphatic carbocycles. The molecular formula is C25H24F3NO8S. The third-order valence-corrected chi connectivity index (χ3v) is 6.24. The number of thioether (sulfide) groups is 1. The molecule has 0 saturated carbocycles. The summed E-state index contributed by atoms with van der Waals surface area (Å²) in [5.74, 6) is 0.0235. The second-order valence-corrected chi connectivity index (χ2v) is 9.04. The van der Waals surface area contributed by atoms with Crippen LogP contribution in [0.4, 0.5) is 18.0 Å². The number of carbonyl (C=O) groups excluding carboxylic acids is 3. The van der Waals surface area contributed by atoms with Crippen LogP contribution >= 0.6 is 11.8 Å². The number of methoxy groups -OCH3 is 1. The van der Waals surface area contributed by atoms with E-state index >= 15 is 0 Å². The first kappa shape index (κ1) is 28.9. The van der Waals surface area contributed by atoms with Gasteiger partial charge in [-0.2, -0.15) is 0 Å². The van der Waals surface area contributed by atoms with Crippen LogP contribution in [0.15, 0.2) is 60.0 Å². The Morgan fingerprint density at radius 3 is 2.47 bits per heavy atom. The number of rotatable bonds is 13. The Morgan fingerprint density at radius 1 is 1.13 bits per heavy atom. The molecule has 204 valence electrons. The van der Waals surface area contributed by atoms with Crippen molar-refractivity contribution in [2.75, 3.05) is 20.3 Å². The summed E-state index contributed by atoms with van der Waals surface area (Å²) in [7, 11) is 1.35. The predicted molar refractivity (Wildman–Crippen MR) is 129 cm³/mol. The first-order chi connectivity index (χ1) is 18.1. The molecule has 1 heterocycles. The lowest BCUT2D eigenvalue weighted by atomic mass is 10.1. The Morgan fingerprint density at radius 2 is 1.87 bits per heavy atom. The smallest absolute Gasteiger partial charge is 0.495 e. The van der Waals surface area contributed by atoms with Gasteiger partial charge in [0, 0.05) is 0 Å². The SMILES string of the molecule is CO/C(COC(COc1ccc(CC2SC(=O)NC2=O)cc1)c1cccc(OC(F)(F)F)c1)=C(/C)OC=O. The summed E-state index contributed by atoms with van der Waals surface area (Å²) in [4.78, 5) is 33.8. The second-order valence-electron chi connectivity index (χ2n) is 7.86. The average molecular weight is 556 g/mol. The molecule has 13 heteroatoms. The molecule has 0 radical (unpaired) electrons. The van der Waals surface area contributed by atoms with Crippen LogP contribution < -0.4 is 14.8 Å². The van der Waals surface area contributed by atoms with Crippen LogP contribution in [0.1, 0.15) is 24.2 Å². The maximum Gasteiger partial charge on any atom is 0.573 e. The third-order valence-electron chi connectivity index (χ3n) is 5.26. The standard InChI is InChI=1S/C25H24F3NO8S/c1-15(36-14-30)20(33-2)12-35-21(17-4-3-5-19(11-17)37-25(26,27)28)13-34-18-8-6-16(7-9-18)10-22-23(31)29-24(32)38-22/h3-9,11,14,21-22H,10,12-13H2,1-2H3,(H,29,31,32)/b20-15-. The van der Waals surface area contributed by atoms with E-state index in [0.717, 1.165) is 23.4 Å². The average Bonchev–Trinajstić information content (AvgIpc) is 3.17. The molecule has 1 saturated heterocycles. The van der Waals surface area contributed by atoms with Crippen molar-refractivity contribution in [1.82, 2.24) is 5.32 Å². The summed E-state index contributed by atoms with van der Waals surface area (Å²) < 4.78 is 63.9. The molecule has 0 spiro atoms. The molecular weight excluding hydrogens is 531 g/mol. The molecule has 2 aromatic rings. The molecule has 2 aromatic carbocycles. The maximum atomic E-state index is 12.7. The van der Waals surface area contributed by atoms with Crippen molar-refractivity contribution in [3.63, 3.8) is 0 Å². The van der Waals surface area contributed by atoms with E-state index in [4.69, 9.17) is 18.9 Å². The maximum absolute atomic E-state index is 12.7. The van der Waals surface area contributed by atoms with Gasteiger partial charge in [-0.15, -0.1) is 13.2 Å². The quantitative estimate of drug-likeness (QED) is 0.279. The zero-order chi connectivity index (χ0) is 27.7. The van der Waals surface area contributed by atoms with E-state index < -0.39 is 23.5 Å². The highest BCUT2D eigenvalue weighted by Gasteiger charge is 2.32. The summed E-state index contributed by atoms with van der Waals surface area (Å²) in [6.45, 7) is 1.44. The van der Waals surface area contributed by atoms with Gasteiger partial charge >= 0.3 is 6.36 Å². The van der Waals surface area contributed by atoms with Crippen molar-refractivity contribution in [1.29, 1.82) is 0 Å². The van der Waals surface area contributed by atoms with Gasteiger partial charge in [-0.25, -0.2) is 0 Å². The van der Waals surface area contributed by atoms with Crippen LogP contribution in [0.5, 0.6) is 11.5 Å². The molecule has 0 bridgehead atoms. The number of halogens is 3. The number of allylic oxidation sites excluding steroid dienone is 1. The Hall–Kier alpha value is -3.71. The van der Waals surface area contributed by atoms with Crippen LogP contribution in [-0.2, 0) is 30.2 Å².